The molecular formula is C29H25FN4O5. The van der Waals surface area contributed by atoms with Gasteiger partial charge in [-0.15, -0.1) is 0 Å². The predicted molar refractivity (Wildman–Crippen MR) is 145 cm³/mol. The van der Waals surface area contributed by atoms with E-state index >= 15 is 4.39 Å². The second-order valence-corrected chi connectivity index (χ2v) is 9.11. The minimum Gasteiger partial charge on any atom is -0.497 e. The summed E-state index contributed by atoms with van der Waals surface area (Å²) in [4.78, 5) is 45.1. The van der Waals surface area contributed by atoms with E-state index in [2.05, 4.69) is 4.98 Å². The van der Waals surface area contributed by atoms with E-state index in [9.17, 15) is 14.4 Å². The Labute approximate surface area is 221 Å². The van der Waals surface area contributed by atoms with Crippen LogP contribution in [0.1, 0.15) is 16.8 Å². The zero-order valence-corrected chi connectivity index (χ0v) is 21.8. The highest BCUT2D eigenvalue weighted by atomic mass is 19.1. The molecule has 39 heavy (non-hydrogen) atoms. The molecule has 0 aliphatic carbocycles. The van der Waals surface area contributed by atoms with Gasteiger partial charge in [-0.25, -0.2) is 13.8 Å². The van der Waals surface area contributed by atoms with Crippen molar-refractivity contribution in [1.82, 2.24) is 18.7 Å². The summed E-state index contributed by atoms with van der Waals surface area (Å²) in [6.45, 7) is 3.33. The molecule has 0 saturated heterocycles. The number of aryl methyl sites for hydroxylation is 3. The van der Waals surface area contributed by atoms with E-state index in [0.29, 0.717) is 28.3 Å². The fourth-order valence-electron chi connectivity index (χ4n) is 4.40. The summed E-state index contributed by atoms with van der Waals surface area (Å²) in [7, 11) is 2.95. The molecule has 3 heterocycles. The minimum absolute atomic E-state index is 0.0616. The number of hydrogen-bond acceptors (Lipinski definition) is 6. The molecule has 0 N–H and O–H groups in total. The summed E-state index contributed by atoms with van der Waals surface area (Å²) in [5.41, 5.74) is -0.440. The number of benzene rings is 2. The van der Waals surface area contributed by atoms with Crippen molar-refractivity contribution in [2.24, 2.45) is 7.05 Å². The quantitative estimate of drug-likeness (QED) is 0.332. The summed E-state index contributed by atoms with van der Waals surface area (Å²) in [5.74, 6) is 0.183. The largest absolute Gasteiger partial charge is 0.497 e. The maximum atomic E-state index is 15.3. The first kappa shape index (κ1) is 25.7. The van der Waals surface area contributed by atoms with Crippen LogP contribution in [0, 0.1) is 19.7 Å². The Kier molecular flexibility index (Phi) is 6.61. The summed E-state index contributed by atoms with van der Waals surface area (Å²) in [6.07, 6.45) is 1.59. The van der Waals surface area contributed by atoms with Crippen LogP contribution < -0.4 is 26.3 Å². The third-order valence-electron chi connectivity index (χ3n) is 6.49. The predicted octanol–water partition coefficient (Wildman–Crippen LogP) is 3.85. The molecule has 0 amide bonds. The molecule has 0 fully saturated rings. The van der Waals surface area contributed by atoms with Crippen molar-refractivity contribution in [2.45, 2.75) is 20.4 Å². The lowest BCUT2D eigenvalue weighted by molar-refractivity contribution is 0.414. The van der Waals surface area contributed by atoms with Crippen LogP contribution in [0.2, 0.25) is 0 Å². The highest BCUT2D eigenvalue weighted by Gasteiger charge is 2.24. The minimum atomic E-state index is -0.809. The molecule has 2 aromatic carbocycles. The maximum Gasteiger partial charge on any atom is 0.337 e. The molecule has 0 bridgehead atoms. The number of ether oxygens (including phenoxy) is 2. The van der Waals surface area contributed by atoms with Crippen LogP contribution in [-0.4, -0.2) is 25.8 Å². The van der Waals surface area contributed by atoms with E-state index in [1.165, 1.54) is 32.4 Å². The number of nitrogens with zero attached hydrogens (tertiary/aromatic N) is 4. The Bertz CT molecular complexity index is 1910. The lowest BCUT2D eigenvalue weighted by Crippen LogP contribution is -2.42. The van der Waals surface area contributed by atoms with Gasteiger partial charge < -0.3 is 9.47 Å². The first-order valence-corrected chi connectivity index (χ1v) is 12.1. The first-order valence-electron chi connectivity index (χ1n) is 12.1. The topological polar surface area (TPSA) is 97.3 Å². The van der Waals surface area contributed by atoms with Crippen molar-refractivity contribution in [3.63, 3.8) is 0 Å². The SMILES string of the molecule is COc1ccc(Cn2c(=O)c3c(Oc4cccnc4C)cc(=O)n(C)c3n(-c3ccc(C)cc3F)c2=O)cc1. The number of aromatic nitrogens is 4. The van der Waals surface area contributed by atoms with E-state index in [-0.39, 0.29) is 29.0 Å². The third-order valence-corrected chi connectivity index (χ3v) is 6.49. The fourth-order valence-corrected chi connectivity index (χ4v) is 4.40. The number of halogens is 1. The molecule has 0 atom stereocenters. The van der Waals surface area contributed by atoms with Gasteiger partial charge in [0, 0.05) is 19.3 Å². The monoisotopic (exact) mass is 528 g/mol. The Hall–Kier alpha value is -4.99. The van der Waals surface area contributed by atoms with E-state index in [4.69, 9.17) is 9.47 Å². The summed E-state index contributed by atoms with van der Waals surface area (Å²) in [6, 6.07) is 15.7. The summed E-state index contributed by atoms with van der Waals surface area (Å²) in [5, 5.41) is -0.0616. The molecular weight excluding hydrogens is 503 g/mol. The van der Waals surface area contributed by atoms with E-state index < -0.39 is 22.6 Å². The number of rotatable bonds is 6. The van der Waals surface area contributed by atoms with Gasteiger partial charge in [0.15, 0.2) is 0 Å². The zero-order valence-electron chi connectivity index (χ0n) is 21.8. The van der Waals surface area contributed by atoms with E-state index in [1.807, 2.05) is 0 Å². The van der Waals surface area contributed by atoms with Crippen LogP contribution in [0.5, 0.6) is 17.2 Å². The molecule has 0 saturated carbocycles. The van der Waals surface area contributed by atoms with Crippen molar-refractivity contribution < 1.29 is 13.9 Å². The maximum absolute atomic E-state index is 15.3. The number of hydrogen-bond donors (Lipinski definition) is 0. The molecule has 9 nitrogen and oxygen atoms in total. The lowest BCUT2D eigenvalue weighted by Gasteiger charge is -2.19. The number of methoxy groups -OCH3 is 1. The van der Waals surface area contributed by atoms with Crippen LogP contribution in [0.3, 0.4) is 0 Å². The van der Waals surface area contributed by atoms with Gasteiger partial charge in [-0.2, -0.15) is 0 Å². The number of fused-ring (bicyclic) bond motifs is 1. The third kappa shape index (κ3) is 4.61. The smallest absolute Gasteiger partial charge is 0.337 e. The normalized spacial score (nSPS) is 11.1. The molecule has 0 aliphatic rings. The van der Waals surface area contributed by atoms with Gasteiger partial charge in [0.25, 0.3) is 11.1 Å². The molecule has 10 heteroatoms. The van der Waals surface area contributed by atoms with Gasteiger partial charge in [0.1, 0.15) is 34.1 Å². The average Bonchev–Trinajstić information content (AvgIpc) is 2.91. The first-order chi connectivity index (χ1) is 18.7. The van der Waals surface area contributed by atoms with Crippen molar-refractivity contribution in [3.8, 4) is 22.9 Å². The average molecular weight is 529 g/mol. The van der Waals surface area contributed by atoms with Gasteiger partial charge in [0.2, 0.25) is 0 Å². The molecule has 0 unspecified atom stereocenters. The highest BCUT2D eigenvalue weighted by molar-refractivity contribution is 5.83. The van der Waals surface area contributed by atoms with E-state index in [0.717, 1.165) is 13.7 Å². The Morgan fingerprint density at radius 1 is 0.949 bits per heavy atom. The second-order valence-electron chi connectivity index (χ2n) is 9.11. The molecule has 5 aromatic rings. The van der Waals surface area contributed by atoms with Gasteiger partial charge in [-0.1, -0.05) is 18.2 Å². The van der Waals surface area contributed by atoms with Crippen molar-refractivity contribution in [2.75, 3.05) is 7.11 Å². The van der Waals surface area contributed by atoms with Crippen LogP contribution >= 0.6 is 0 Å². The molecule has 0 spiro atoms. The van der Waals surface area contributed by atoms with Crippen molar-refractivity contribution in [1.29, 1.82) is 0 Å². The molecule has 198 valence electrons. The van der Waals surface area contributed by atoms with Crippen molar-refractivity contribution in [3.05, 3.63) is 121 Å². The Morgan fingerprint density at radius 2 is 1.69 bits per heavy atom. The van der Waals surface area contributed by atoms with Crippen LogP contribution in [0.15, 0.2) is 81.2 Å². The van der Waals surface area contributed by atoms with E-state index in [1.54, 1.807) is 62.5 Å². The van der Waals surface area contributed by atoms with Crippen molar-refractivity contribution >= 4 is 11.0 Å². The molecule has 0 radical (unpaired) electrons. The van der Waals surface area contributed by atoms with Crippen LogP contribution in [0.4, 0.5) is 4.39 Å². The molecule has 3 aromatic heterocycles. The summed E-state index contributed by atoms with van der Waals surface area (Å²) >= 11 is 0. The van der Waals surface area contributed by atoms with Gasteiger partial charge in [-0.05, 0) is 61.4 Å². The zero-order chi connectivity index (χ0) is 27.8. The Balaban J connectivity index is 1.88. The van der Waals surface area contributed by atoms with Gasteiger partial charge >= 0.3 is 5.69 Å². The highest BCUT2D eigenvalue weighted by Crippen LogP contribution is 2.28. The lowest BCUT2D eigenvalue weighted by atomic mass is 10.2. The van der Waals surface area contributed by atoms with Gasteiger partial charge in [-0.3, -0.25) is 23.7 Å². The van der Waals surface area contributed by atoms with Gasteiger partial charge in [0.05, 0.1) is 25.0 Å². The fraction of sp³-hybridized carbons (Fsp3) is 0.172. The standard InChI is InChI=1S/C29H25FN4O5/c1-17-7-12-22(21(30)14-17)34-27-26(24(15-25(35)32(27)3)39-23-6-5-13-31-18(23)2)28(36)33(29(34)37)16-19-8-10-20(38-4)11-9-19/h5-15H,16H2,1-4H3. The molecule has 5 rings (SSSR count). The Morgan fingerprint density at radius 3 is 2.36 bits per heavy atom. The second kappa shape index (κ2) is 10.1. The van der Waals surface area contributed by atoms with Crippen LogP contribution in [-0.2, 0) is 13.6 Å². The van der Waals surface area contributed by atoms with Crippen LogP contribution in [0.25, 0.3) is 16.7 Å². The summed E-state index contributed by atoms with van der Waals surface area (Å²) < 4.78 is 29.7. The molecule has 0 aliphatic heterocycles. The number of pyridine rings is 2.